The molecule has 0 aliphatic heterocycles. The Bertz CT molecular complexity index is 802. The summed E-state index contributed by atoms with van der Waals surface area (Å²) in [5.74, 6) is -1.31. The van der Waals surface area contributed by atoms with E-state index in [0.29, 0.717) is 12.0 Å². The molecule has 0 fully saturated rings. The van der Waals surface area contributed by atoms with Gasteiger partial charge in [0.2, 0.25) is 3.79 Å². The summed E-state index contributed by atoms with van der Waals surface area (Å²) in [5, 5.41) is 0. The number of alkyl halides is 3. The van der Waals surface area contributed by atoms with Gasteiger partial charge in [-0.15, -0.1) is 0 Å². The van der Waals surface area contributed by atoms with Crippen molar-refractivity contribution >= 4 is 71.3 Å². The van der Waals surface area contributed by atoms with Crippen molar-refractivity contribution in [1.82, 2.24) is 0 Å². The SMILES string of the molecule is C=[C](CCC(C/C=C(\C)COC(=O)OCC(Cl)(Cl)Cl)(C(=O)OC)C(=O)OC)[Sn]([CH2]CCC)([CH2]CCC)[CH2]CCC. The number of hydrogen-bond acceptors (Lipinski definition) is 7. The molecule has 0 bridgehead atoms. The zero-order valence-electron chi connectivity index (χ0n) is 25.2. The van der Waals surface area contributed by atoms with E-state index >= 15 is 0 Å². The number of hydrogen-bond donors (Lipinski definition) is 0. The molecule has 0 saturated heterocycles. The summed E-state index contributed by atoms with van der Waals surface area (Å²) in [6.07, 6.45) is 8.51. The van der Waals surface area contributed by atoms with Gasteiger partial charge in [0.1, 0.15) is 0 Å². The molecule has 40 heavy (non-hydrogen) atoms. The van der Waals surface area contributed by atoms with Gasteiger partial charge in [-0.2, -0.15) is 0 Å². The van der Waals surface area contributed by atoms with E-state index in [1.165, 1.54) is 50.4 Å². The van der Waals surface area contributed by atoms with Gasteiger partial charge in [0, 0.05) is 0 Å². The minimum absolute atomic E-state index is 0.0272. The molecule has 0 atom stereocenters. The first-order valence-electron chi connectivity index (χ1n) is 14.1. The van der Waals surface area contributed by atoms with Gasteiger partial charge in [-0.05, 0) is 0 Å². The summed E-state index contributed by atoms with van der Waals surface area (Å²) >= 11 is 13.9. The van der Waals surface area contributed by atoms with Crippen molar-refractivity contribution in [1.29, 1.82) is 0 Å². The number of carbonyl (C=O) groups excluding carboxylic acids is 3. The molecule has 0 spiro atoms. The first-order valence-corrected chi connectivity index (χ1v) is 22.8. The quantitative estimate of drug-likeness (QED) is 0.0308. The van der Waals surface area contributed by atoms with Gasteiger partial charge < -0.3 is 0 Å². The van der Waals surface area contributed by atoms with Crippen molar-refractivity contribution in [3.05, 3.63) is 21.8 Å². The fourth-order valence-corrected chi connectivity index (χ4v) is 20.8. The molecule has 0 unspecified atom stereocenters. The van der Waals surface area contributed by atoms with Crippen LogP contribution in [0.1, 0.15) is 85.5 Å². The van der Waals surface area contributed by atoms with Crippen LogP contribution < -0.4 is 0 Å². The molecule has 0 aliphatic rings. The molecule has 232 valence electrons. The Morgan fingerprint density at radius 3 is 1.73 bits per heavy atom. The minimum atomic E-state index is -2.79. The van der Waals surface area contributed by atoms with E-state index in [0.717, 1.165) is 19.3 Å². The predicted molar refractivity (Wildman–Crippen MR) is 166 cm³/mol. The number of allylic oxidation sites excluding steroid dienone is 2. The Morgan fingerprint density at radius 1 is 0.850 bits per heavy atom. The standard InChI is InChI=1S/C17H22Cl3O7.3C4H9.Sn/c1-5-6-8-16(13(21)24-3,14(22)25-4)9-7-12(2)10-26-15(23)27-11-17(18,19)20;3*1-3-4-2;/h7H,1,6,8-11H2,2-4H3;3*1,3-4H2,2H3;/b12-7+;;;;. The summed E-state index contributed by atoms with van der Waals surface area (Å²) in [5.41, 5.74) is -0.939. The zero-order chi connectivity index (χ0) is 30.8. The fraction of sp³-hybridized carbons (Fsp3) is 0.759. The van der Waals surface area contributed by atoms with Crippen molar-refractivity contribution in [3.8, 4) is 0 Å². The van der Waals surface area contributed by atoms with Crippen LogP contribution in [0.4, 0.5) is 4.79 Å². The molecule has 7 nitrogen and oxygen atoms in total. The summed E-state index contributed by atoms with van der Waals surface area (Å²) in [4.78, 5) is 38.1. The van der Waals surface area contributed by atoms with Crippen LogP contribution in [0.15, 0.2) is 21.8 Å². The van der Waals surface area contributed by atoms with E-state index in [4.69, 9.17) is 53.8 Å². The Kier molecular flexibility index (Phi) is 20.0. The molecule has 0 radical (unpaired) electrons. The summed E-state index contributed by atoms with van der Waals surface area (Å²) in [7, 11) is 2.53. The summed E-state index contributed by atoms with van der Waals surface area (Å²) in [6, 6.07) is 0. The van der Waals surface area contributed by atoms with Crippen molar-refractivity contribution < 1.29 is 33.3 Å². The second-order valence-electron chi connectivity index (χ2n) is 10.5. The maximum atomic E-state index is 13.2. The second kappa shape index (κ2) is 20.3. The van der Waals surface area contributed by atoms with Gasteiger partial charge in [-0.1, -0.05) is 34.8 Å². The van der Waals surface area contributed by atoms with Gasteiger partial charge >= 0.3 is 223 Å². The molecular formula is C29H49Cl3O7Sn. The molecule has 0 amide bonds. The first kappa shape index (κ1) is 39.4. The number of halogens is 3. The number of carbonyl (C=O) groups is 3. The van der Waals surface area contributed by atoms with E-state index in [1.807, 2.05) is 0 Å². The van der Waals surface area contributed by atoms with Crippen LogP contribution in [0.5, 0.6) is 0 Å². The molecule has 0 N–H and O–H groups in total. The van der Waals surface area contributed by atoms with Crippen LogP contribution in [-0.4, -0.2) is 67.7 Å². The van der Waals surface area contributed by atoms with Gasteiger partial charge in [0.15, 0.2) is 0 Å². The van der Waals surface area contributed by atoms with Crippen LogP contribution in [0.2, 0.25) is 13.3 Å². The van der Waals surface area contributed by atoms with Gasteiger partial charge in [0.25, 0.3) is 0 Å². The molecule has 0 aliphatic carbocycles. The average Bonchev–Trinajstić information content (AvgIpc) is 2.93. The Balaban J connectivity index is 5.93. The number of unbranched alkanes of at least 4 members (excludes halogenated alkanes) is 3. The Morgan fingerprint density at radius 2 is 1.32 bits per heavy atom. The maximum absolute atomic E-state index is 13.2. The van der Waals surface area contributed by atoms with E-state index in [9.17, 15) is 14.4 Å². The molecule has 0 aromatic carbocycles. The first-order chi connectivity index (χ1) is 18.8. The Labute approximate surface area is 260 Å². The van der Waals surface area contributed by atoms with Gasteiger partial charge in [0.05, 0.1) is 0 Å². The number of rotatable bonds is 20. The van der Waals surface area contributed by atoms with Gasteiger partial charge in [-0.25, -0.2) is 0 Å². The molecule has 11 heteroatoms. The van der Waals surface area contributed by atoms with E-state index in [2.05, 4.69) is 27.4 Å². The topological polar surface area (TPSA) is 88.1 Å². The van der Waals surface area contributed by atoms with E-state index in [1.54, 1.807) is 13.0 Å². The third kappa shape index (κ3) is 14.0. The number of methoxy groups -OCH3 is 2. The third-order valence-corrected chi connectivity index (χ3v) is 23.9. The zero-order valence-corrected chi connectivity index (χ0v) is 30.3. The van der Waals surface area contributed by atoms with Crippen molar-refractivity contribution in [2.75, 3.05) is 27.4 Å². The number of ether oxygens (including phenoxy) is 4. The number of esters is 2. The summed E-state index contributed by atoms with van der Waals surface area (Å²) in [6.45, 7) is 12.4. The van der Waals surface area contributed by atoms with Crippen LogP contribution in [0.3, 0.4) is 0 Å². The molecule has 0 rings (SSSR count). The fourth-order valence-electron chi connectivity index (χ4n) is 4.79. The molecule has 0 saturated carbocycles. The van der Waals surface area contributed by atoms with Crippen LogP contribution in [0, 0.1) is 5.41 Å². The Hall–Kier alpha value is -0.641. The average molecular weight is 735 g/mol. The van der Waals surface area contributed by atoms with Crippen LogP contribution in [0.25, 0.3) is 0 Å². The monoisotopic (exact) mass is 734 g/mol. The molecule has 0 aromatic heterocycles. The predicted octanol–water partition coefficient (Wildman–Crippen LogP) is 8.90. The second-order valence-corrected chi connectivity index (χ2v) is 26.6. The molecule has 0 aromatic rings. The molecule has 0 heterocycles. The van der Waals surface area contributed by atoms with Crippen molar-refractivity contribution in [3.63, 3.8) is 0 Å². The van der Waals surface area contributed by atoms with Crippen LogP contribution >= 0.6 is 34.8 Å². The van der Waals surface area contributed by atoms with E-state index < -0.39 is 52.3 Å². The van der Waals surface area contributed by atoms with Crippen molar-refractivity contribution in [2.45, 2.75) is 103 Å². The van der Waals surface area contributed by atoms with Crippen molar-refractivity contribution in [2.24, 2.45) is 5.41 Å². The van der Waals surface area contributed by atoms with Gasteiger partial charge in [-0.3, -0.25) is 0 Å². The normalized spacial score (nSPS) is 12.6. The third-order valence-electron chi connectivity index (χ3n) is 7.35. The van der Waals surface area contributed by atoms with Crippen LogP contribution in [-0.2, 0) is 28.5 Å². The summed E-state index contributed by atoms with van der Waals surface area (Å²) < 4.78 is 23.3. The van der Waals surface area contributed by atoms with E-state index in [-0.39, 0.29) is 19.4 Å². The molecular weight excluding hydrogens is 685 g/mol.